The fourth-order valence-electron chi connectivity index (χ4n) is 2.45. The van der Waals surface area contributed by atoms with Crippen LogP contribution in [0.15, 0.2) is 12.3 Å². The van der Waals surface area contributed by atoms with Crippen LogP contribution in [0.25, 0.3) is 0 Å². The summed E-state index contributed by atoms with van der Waals surface area (Å²) < 4.78 is 14.0. The number of halogens is 1. The van der Waals surface area contributed by atoms with E-state index in [1.807, 2.05) is 4.90 Å². The van der Waals surface area contributed by atoms with Gasteiger partial charge in [0.2, 0.25) is 5.91 Å². The van der Waals surface area contributed by atoms with E-state index in [-0.39, 0.29) is 17.5 Å². The van der Waals surface area contributed by atoms with E-state index >= 15 is 0 Å². The molecule has 0 atom stereocenters. The number of nitrogens with zero attached hydrogens (tertiary/aromatic N) is 2. The third kappa shape index (κ3) is 3.45. The van der Waals surface area contributed by atoms with Gasteiger partial charge in [-0.05, 0) is 18.9 Å². The number of anilines is 1. The van der Waals surface area contributed by atoms with E-state index in [9.17, 15) is 9.18 Å². The van der Waals surface area contributed by atoms with Crippen molar-refractivity contribution >= 4 is 11.7 Å². The van der Waals surface area contributed by atoms with Crippen LogP contribution in [-0.4, -0.2) is 42.0 Å². The number of aromatic nitrogens is 1. The number of hydrogen-bond acceptors (Lipinski definition) is 4. The molecular weight excluding hydrogens is 259 g/mol. The third-order valence-electron chi connectivity index (χ3n) is 3.73. The molecule has 0 unspecified atom stereocenters. The van der Waals surface area contributed by atoms with Gasteiger partial charge in [0.25, 0.3) is 0 Å². The van der Waals surface area contributed by atoms with Crippen molar-refractivity contribution < 1.29 is 9.18 Å². The zero-order valence-corrected chi connectivity index (χ0v) is 11.9. The number of rotatable bonds is 4. The number of pyridine rings is 1. The second-order valence-corrected chi connectivity index (χ2v) is 5.04. The van der Waals surface area contributed by atoms with Crippen molar-refractivity contribution in [3.8, 4) is 0 Å². The van der Waals surface area contributed by atoms with Gasteiger partial charge in [-0.15, -0.1) is 0 Å². The highest BCUT2D eigenvalue weighted by Crippen LogP contribution is 2.16. The molecule has 0 saturated carbocycles. The molecule has 1 aliphatic rings. The molecule has 1 aromatic heterocycles. The first kappa shape index (κ1) is 14.7. The van der Waals surface area contributed by atoms with Gasteiger partial charge in [-0.2, -0.15) is 0 Å². The zero-order chi connectivity index (χ0) is 14.5. The molecule has 0 bridgehead atoms. The molecule has 5 nitrogen and oxygen atoms in total. The lowest BCUT2D eigenvalue weighted by Gasteiger charge is -2.31. The van der Waals surface area contributed by atoms with Crippen LogP contribution in [0.3, 0.4) is 0 Å². The largest absolute Gasteiger partial charge is 0.371 e. The average Bonchev–Trinajstić information content (AvgIpc) is 2.46. The highest BCUT2D eigenvalue weighted by Gasteiger charge is 2.20. The van der Waals surface area contributed by atoms with Crippen molar-refractivity contribution in [1.82, 2.24) is 15.2 Å². The van der Waals surface area contributed by atoms with E-state index < -0.39 is 0 Å². The lowest BCUT2D eigenvalue weighted by molar-refractivity contribution is -0.129. The first-order valence-electron chi connectivity index (χ1n) is 6.92. The number of carbonyl (C=O) groups excluding carboxylic acids is 1. The van der Waals surface area contributed by atoms with Gasteiger partial charge in [0, 0.05) is 51.4 Å². The second kappa shape index (κ2) is 6.65. The standard InChI is InChI=1S/C14H21FN4O/c1-10(20)19-7-4-12(5-8-19)18-9-11-3-6-17-14(16-2)13(11)15/h3,6,12,18H,4-5,7-9H2,1-2H3,(H,16,17). The Labute approximate surface area is 118 Å². The molecule has 0 spiro atoms. The van der Waals surface area contributed by atoms with Crippen LogP contribution in [0, 0.1) is 5.82 Å². The Bertz CT molecular complexity index is 472. The lowest BCUT2D eigenvalue weighted by atomic mass is 10.0. The minimum absolute atomic E-state index is 0.127. The molecule has 1 aliphatic heterocycles. The zero-order valence-electron chi connectivity index (χ0n) is 11.9. The van der Waals surface area contributed by atoms with Crippen LogP contribution in [0.2, 0.25) is 0 Å². The van der Waals surface area contributed by atoms with Crippen LogP contribution in [0.4, 0.5) is 10.2 Å². The second-order valence-electron chi connectivity index (χ2n) is 5.04. The Balaban J connectivity index is 1.86. The van der Waals surface area contributed by atoms with E-state index in [4.69, 9.17) is 0 Å². The molecule has 0 radical (unpaired) electrons. The molecule has 0 aliphatic carbocycles. The van der Waals surface area contributed by atoms with Crippen LogP contribution in [0.1, 0.15) is 25.3 Å². The Morgan fingerprint density at radius 2 is 2.20 bits per heavy atom. The number of carbonyl (C=O) groups is 1. The third-order valence-corrected chi connectivity index (χ3v) is 3.73. The van der Waals surface area contributed by atoms with E-state index in [0.29, 0.717) is 18.2 Å². The quantitative estimate of drug-likeness (QED) is 0.874. The maximum absolute atomic E-state index is 14.0. The van der Waals surface area contributed by atoms with Gasteiger partial charge in [0.05, 0.1) is 0 Å². The van der Waals surface area contributed by atoms with Gasteiger partial charge >= 0.3 is 0 Å². The highest BCUT2D eigenvalue weighted by atomic mass is 19.1. The van der Waals surface area contributed by atoms with Crippen molar-refractivity contribution in [3.63, 3.8) is 0 Å². The Morgan fingerprint density at radius 1 is 1.50 bits per heavy atom. The molecule has 1 aromatic rings. The summed E-state index contributed by atoms with van der Waals surface area (Å²) in [5, 5.41) is 6.09. The Hall–Kier alpha value is -1.69. The molecule has 2 N–H and O–H groups in total. The van der Waals surface area contributed by atoms with Crippen molar-refractivity contribution in [2.75, 3.05) is 25.5 Å². The Kier molecular flexibility index (Phi) is 4.89. The van der Waals surface area contributed by atoms with E-state index in [1.54, 1.807) is 26.2 Å². The van der Waals surface area contributed by atoms with Gasteiger partial charge in [-0.3, -0.25) is 4.79 Å². The van der Waals surface area contributed by atoms with Crippen LogP contribution >= 0.6 is 0 Å². The van der Waals surface area contributed by atoms with E-state index in [1.165, 1.54) is 0 Å². The monoisotopic (exact) mass is 280 g/mol. The van der Waals surface area contributed by atoms with Gasteiger partial charge in [-0.25, -0.2) is 9.37 Å². The SMILES string of the molecule is CNc1nccc(CNC2CCN(C(C)=O)CC2)c1F. The number of amides is 1. The van der Waals surface area contributed by atoms with E-state index in [2.05, 4.69) is 15.6 Å². The fraction of sp³-hybridized carbons (Fsp3) is 0.571. The summed E-state index contributed by atoms with van der Waals surface area (Å²) >= 11 is 0. The summed E-state index contributed by atoms with van der Waals surface area (Å²) in [4.78, 5) is 17.0. The molecular formula is C14H21FN4O. The summed E-state index contributed by atoms with van der Waals surface area (Å²) in [6.07, 6.45) is 3.42. The predicted molar refractivity (Wildman–Crippen MR) is 75.9 cm³/mol. The van der Waals surface area contributed by atoms with Crippen LogP contribution < -0.4 is 10.6 Å². The van der Waals surface area contributed by atoms with Gasteiger partial charge in [0.15, 0.2) is 11.6 Å². The molecule has 2 heterocycles. The first-order chi connectivity index (χ1) is 9.61. The predicted octanol–water partition coefficient (Wildman–Crippen LogP) is 1.36. The summed E-state index contributed by atoms with van der Waals surface area (Å²) in [5.74, 6) is 0.0988. The van der Waals surface area contributed by atoms with E-state index in [0.717, 1.165) is 25.9 Å². The molecule has 6 heteroatoms. The van der Waals surface area contributed by atoms with Crippen molar-refractivity contribution in [1.29, 1.82) is 0 Å². The first-order valence-corrected chi connectivity index (χ1v) is 6.92. The normalized spacial score (nSPS) is 16.2. The Morgan fingerprint density at radius 3 is 2.80 bits per heavy atom. The summed E-state index contributed by atoms with van der Waals surface area (Å²) in [6.45, 7) is 3.62. The summed E-state index contributed by atoms with van der Waals surface area (Å²) in [6, 6.07) is 2.02. The number of likely N-dealkylation sites (tertiary alicyclic amines) is 1. The molecule has 110 valence electrons. The minimum atomic E-state index is -0.302. The van der Waals surface area contributed by atoms with Crippen LogP contribution in [0.5, 0.6) is 0 Å². The van der Waals surface area contributed by atoms with Gasteiger partial charge in [-0.1, -0.05) is 0 Å². The highest BCUT2D eigenvalue weighted by molar-refractivity contribution is 5.73. The fourth-order valence-corrected chi connectivity index (χ4v) is 2.45. The molecule has 1 amide bonds. The van der Waals surface area contributed by atoms with Crippen molar-refractivity contribution in [2.45, 2.75) is 32.4 Å². The van der Waals surface area contributed by atoms with Gasteiger partial charge < -0.3 is 15.5 Å². The molecule has 1 fully saturated rings. The topological polar surface area (TPSA) is 57.3 Å². The molecule has 0 aromatic carbocycles. The number of piperidine rings is 1. The van der Waals surface area contributed by atoms with Gasteiger partial charge in [0.1, 0.15) is 0 Å². The molecule has 2 rings (SSSR count). The van der Waals surface area contributed by atoms with Crippen molar-refractivity contribution in [2.24, 2.45) is 0 Å². The maximum atomic E-state index is 14.0. The smallest absolute Gasteiger partial charge is 0.219 e. The summed E-state index contributed by atoms with van der Waals surface area (Å²) in [5.41, 5.74) is 0.610. The summed E-state index contributed by atoms with van der Waals surface area (Å²) in [7, 11) is 1.65. The van der Waals surface area contributed by atoms with Crippen LogP contribution in [-0.2, 0) is 11.3 Å². The molecule has 20 heavy (non-hydrogen) atoms. The maximum Gasteiger partial charge on any atom is 0.219 e. The molecule has 1 saturated heterocycles. The number of hydrogen-bond donors (Lipinski definition) is 2. The number of nitrogens with one attached hydrogen (secondary N) is 2. The minimum Gasteiger partial charge on any atom is -0.371 e. The van der Waals surface area contributed by atoms with Crippen molar-refractivity contribution in [3.05, 3.63) is 23.6 Å². The average molecular weight is 280 g/mol. The lowest BCUT2D eigenvalue weighted by Crippen LogP contribution is -2.44.